The van der Waals surface area contributed by atoms with Crippen molar-refractivity contribution in [2.45, 2.75) is 6.92 Å². The van der Waals surface area contributed by atoms with Crippen LogP contribution in [-0.4, -0.2) is 69.6 Å². The van der Waals surface area contributed by atoms with Gasteiger partial charge < -0.3 is 9.80 Å². The monoisotopic (exact) mass is 393 g/mol. The van der Waals surface area contributed by atoms with Crippen LogP contribution in [0.15, 0.2) is 18.2 Å². The number of rotatable bonds is 5. The lowest BCUT2D eigenvalue weighted by Gasteiger charge is -2.35. The Labute approximate surface area is 153 Å². The van der Waals surface area contributed by atoms with E-state index in [0.717, 1.165) is 30.2 Å². The molecule has 0 radical (unpaired) electrons. The molecule has 0 atom stereocenters. The van der Waals surface area contributed by atoms with E-state index < -0.39 is 10.0 Å². The van der Waals surface area contributed by atoms with E-state index in [1.807, 2.05) is 0 Å². The fourth-order valence-electron chi connectivity index (χ4n) is 2.60. The van der Waals surface area contributed by atoms with Gasteiger partial charge in [-0.15, -0.1) is 0 Å². The number of amides is 1. The van der Waals surface area contributed by atoms with Crippen molar-refractivity contribution in [1.29, 1.82) is 0 Å². The van der Waals surface area contributed by atoms with Gasteiger partial charge in [0.25, 0.3) is 0 Å². The molecule has 0 aromatic heterocycles. The van der Waals surface area contributed by atoms with Crippen molar-refractivity contribution in [2.24, 2.45) is 0 Å². The van der Waals surface area contributed by atoms with Gasteiger partial charge in [-0.1, -0.05) is 30.1 Å². The number of halogens is 2. The first-order valence-corrected chi connectivity index (χ1v) is 10.3. The molecular formula is C15H21Cl2N3O3S. The number of sulfonamides is 1. The van der Waals surface area contributed by atoms with E-state index >= 15 is 0 Å². The zero-order valence-corrected chi connectivity index (χ0v) is 16.0. The predicted molar refractivity (Wildman–Crippen MR) is 97.3 cm³/mol. The molecule has 9 heteroatoms. The standard InChI is InChI=1S/C15H21Cl2N3O3S/c1-3-18-6-8-19(9-7-18)15(21)11-20(24(2,22)23)14-5-4-12(16)10-13(14)17/h4-5,10H,3,6-9,11H2,1-2H3. The Morgan fingerprint density at radius 2 is 1.83 bits per heavy atom. The Morgan fingerprint density at radius 3 is 2.33 bits per heavy atom. The highest BCUT2D eigenvalue weighted by Gasteiger charge is 2.27. The quantitative estimate of drug-likeness (QED) is 0.766. The first-order valence-electron chi connectivity index (χ1n) is 7.65. The van der Waals surface area contributed by atoms with Crippen molar-refractivity contribution in [3.8, 4) is 0 Å². The third-order valence-corrected chi connectivity index (χ3v) is 5.69. The summed E-state index contributed by atoms with van der Waals surface area (Å²) in [6.45, 7) is 5.53. The number of anilines is 1. The number of hydrogen-bond donors (Lipinski definition) is 0. The lowest BCUT2D eigenvalue weighted by atomic mass is 10.3. The summed E-state index contributed by atoms with van der Waals surface area (Å²) in [5.41, 5.74) is 0.254. The first kappa shape index (κ1) is 19.3. The summed E-state index contributed by atoms with van der Waals surface area (Å²) in [4.78, 5) is 16.5. The molecule has 0 bridgehead atoms. The molecular weight excluding hydrogens is 373 g/mol. The largest absolute Gasteiger partial charge is 0.339 e. The van der Waals surface area contributed by atoms with Gasteiger partial charge in [0.2, 0.25) is 15.9 Å². The highest BCUT2D eigenvalue weighted by molar-refractivity contribution is 7.92. The smallest absolute Gasteiger partial charge is 0.243 e. The molecule has 1 aliphatic rings. The zero-order chi connectivity index (χ0) is 17.9. The summed E-state index contributed by atoms with van der Waals surface area (Å²) in [6, 6.07) is 4.51. The molecule has 1 heterocycles. The van der Waals surface area contributed by atoms with Crippen LogP contribution in [0.1, 0.15) is 6.92 Å². The fraction of sp³-hybridized carbons (Fsp3) is 0.533. The normalized spacial score (nSPS) is 16.2. The highest BCUT2D eigenvalue weighted by atomic mass is 35.5. The van der Waals surface area contributed by atoms with Crippen molar-refractivity contribution < 1.29 is 13.2 Å². The van der Waals surface area contributed by atoms with Gasteiger partial charge in [-0.3, -0.25) is 9.10 Å². The summed E-state index contributed by atoms with van der Waals surface area (Å²) in [7, 11) is -3.65. The minimum Gasteiger partial charge on any atom is -0.339 e. The third-order valence-electron chi connectivity index (χ3n) is 4.03. The van der Waals surface area contributed by atoms with E-state index in [4.69, 9.17) is 23.2 Å². The number of piperazine rings is 1. The van der Waals surface area contributed by atoms with Gasteiger partial charge in [0.1, 0.15) is 6.54 Å². The van der Waals surface area contributed by atoms with E-state index in [0.29, 0.717) is 18.1 Å². The van der Waals surface area contributed by atoms with E-state index in [2.05, 4.69) is 11.8 Å². The molecule has 1 aliphatic heterocycles. The molecule has 0 aliphatic carbocycles. The van der Waals surface area contributed by atoms with Crippen molar-refractivity contribution in [3.05, 3.63) is 28.2 Å². The van der Waals surface area contributed by atoms with Crippen LogP contribution in [0.25, 0.3) is 0 Å². The highest BCUT2D eigenvalue weighted by Crippen LogP contribution is 2.30. The third kappa shape index (κ3) is 4.75. The van der Waals surface area contributed by atoms with Crippen molar-refractivity contribution in [3.63, 3.8) is 0 Å². The van der Waals surface area contributed by atoms with Crippen LogP contribution in [0.5, 0.6) is 0 Å². The maximum Gasteiger partial charge on any atom is 0.243 e. The molecule has 1 aromatic rings. The summed E-state index contributed by atoms with van der Waals surface area (Å²) >= 11 is 12.0. The molecule has 2 rings (SSSR count). The summed E-state index contributed by atoms with van der Waals surface area (Å²) < 4.78 is 25.3. The SMILES string of the molecule is CCN1CCN(C(=O)CN(c2ccc(Cl)cc2Cl)S(C)(=O)=O)CC1. The summed E-state index contributed by atoms with van der Waals surface area (Å²) in [5, 5.41) is 0.593. The summed E-state index contributed by atoms with van der Waals surface area (Å²) in [6.07, 6.45) is 1.06. The number of nitrogens with zero attached hydrogens (tertiary/aromatic N) is 3. The Bertz CT molecular complexity index is 704. The molecule has 134 valence electrons. The van der Waals surface area contributed by atoms with E-state index in [-0.39, 0.29) is 23.2 Å². The molecule has 0 unspecified atom stereocenters. The molecule has 1 fully saturated rings. The Kier molecular flexibility index (Phi) is 6.36. The van der Waals surface area contributed by atoms with Crippen LogP contribution in [0, 0.1) is 0 Å². The molecule has 0 N–H and O–H groups in total. The molecule has 0 spiro atoms. The molecule has 1 aromatic carbocycles. The number of carbonyl (C=O) groups is 1. The second-order valence-corrected chi connectivity index (χ2v) is 8.43. The van der Waals surface area contributed by atoms with Crippen LogP contribution in [0.3, 0.4) is 0 Å². The van der Waals surface area contributed by atoms with Gasteiger partial charge in [-0.05, 0) is 24.7 Å². The van der Waals surface area contributed by atoms with E-state index in [9.17, 15) is 13.2 Å². The Hall–Kier alpha value is -1.02. The average Bonchev–Trinajstić information content (AvgIpc) is 2.52. The van der Waals surface area contributed by atoms with Gasteiger partial charge in [-0.25, -0.2) is 8.42 Å². The number of benzene rings is 1. The minimum absolute atomic E-state index is 0.191. The van der Waals surface area contributed by atoms with Crippen molar-refractivity contribution in [2.75, 3.05) is 49.8 Å². The maximum atomic E-state index is 12.5. The molecule has 0 saturated carbocycles. The molecule has 6 nitrogen and oxygen atoms in total. The van der Waals surface area contributed by atoms with Gasteiger partial charge in [0.15, 0.2) is 0 Å². The molecule has 24 heavy (non-hydrogen) atoms. The van der Waals surface area contributed by atoms with Gasteiger partial charge in [0.05, 0.1) is 17.0 Å². The second-order valence-electron chi connectivity index (χ2n) is 5.68. The molecule has 1 saturated heterocycles. The van der Waals surface area contributed by atoms with Gasteiger partial charge in [0, 0.05) is 31.2 Å². The van der Waals surface area contributed by atoms with Crippen LogP contribution >= 0.6 is 23.2 Å². The van der Waals surface area contributed by atoms with Crippen LogP contribution in [0.4, 0.5) is 5.69 Å². The van der Waals surface area contributed by atoms with E-state index in [1.165, 1.54) is 12.1 Å². The minimum atomic E-state index is -3.65. The lowest BCUT2D eigenvalue weighted by Crippen LogP contribution is -2.51. The molecule has 1 amide bonds. The average molecular weight is 394 g/mol. The lowest BCUT2D eigenvalue weighted by molar-refractivity contribution is -0.131. The number of likely N-dealkylation sites (N-methyl/N-ethyl adjacent to an activating group) is 1. The Balaban J connectivity index is 2.17. The van der Waals surface area contributed by atoms with Gasteiger partial charge in [-0.2, -0.15) is 0 Å². The zero-order valence-electron chi connectivity index (χ0n) is 13.7. The first-order chi connectivity index (χ1) is 11.2. The maximum absolute atomic E-state index is 12.5. The summed E-state index contributed by atoms with van der Waals surface area (Å²) in [5.74, 6) is -0.234. The number of carbonyl (C=O) groups excluding carboxylic acids is 1. The predicted octanol–water partition coefficient (Wildman–Crippen LogP) is 1.92. The van der Waals surface area contributed by atoms with Crippen LogP contribution in [0.2, 0.25) is 10.0 Å². The topological polar surface area (TPSA) is 60.9 Å². The van der Waals surface area contributed by atoms with E-state index in [1.54, 1.807) is 11.0 Å². The Morgan fingerprint density at radius 1 is 1.21 bits per heavy atom. The van der Waals surface area contributed by atoms with Crippen LogP contribution in [-0.2, 0) is 14.8 Å². The van der Waals surface area contributed by atoms with Crippen molar-refractivity contribution in [1.82, 2.24) is 9.80 Å². The fourth-order valence-corrected chi connectivity index (χ4v) is 4.02. The van der Waals surface area contributed by atoms with Crippen LogP contribution < -0.4 is 4.31 Å². The van der Waals surface area contributed by atoms with Gasteiger partial charge >= 0.3 is 0 Å². The second kappa shape index (κ2) is 7.91. The van der Waals surface area contributed by atoms with Crippen molar-refractivity contribution >= 4 is 44.8 Å². The number of hydrogen-bond acceptors (Lipinski definition) is 4.